The van der Waals surface area contributed by atoms with Crippen molar-refractivity contribution >= 4 is 39.9 Å². The van der Waals surface area contributed by atoms with Crippen LogP contribution in [-0.4, -0.2) is 92.1 Å². The molecule has 1 fully saturated rings. The van der Waals surface area contributed by atoms with Crippen molar-refractivity contribution in [2.24, 2.45) is 0 Å². The minimum absolute atomic E-state index is 0.0430. The SMILES string of the molecule is COCC#Cc1cc(Cl)c(Nc2ncnc3cc(OCCCN4CCN(C)C(=O)C4)cc(OC(C)C)c23)c2c1OCO2. The van der Waals surface area contributed by atoms with E-state index >= 15 is 0 Å². The highest BCUT2D eigenvalue weighted by Gasteiger charge is 2.26. The molecule has 11 nitrogen and oxygen atoms in total. The van der Waals surface area contributed by atoms with Gasteiger partial charge in [-0.3, -0.25) is 9.69 Å². The molecule has 0 unspecified atom stereocenters. The summed E-state index contributed by atoms with van der Waals surface area (Å²) >= 11 is 6.70. The number of amides is 1. The molecule has 0 saturated carbocycles. The Bertz CT molecular complexity index is 1520. The third-order valence-corrected chi connectivity index (χ3v) is 7.04. The monoisotopic (exact) mass is 595 g/mol. The summed E-state index contributed by atoms with van der Waals surface area (Å²) in [7, 11) is 3.42. The van der Waals surface area contributed by atoms with Crippen molar-refractivity contribution in [3.8, 4) is 34.8 Å². The van der Waals surface area contributed by atoms with E-state index in [1.54, 1.807) is 18.1 Å². The Morgan fingerprint density at radius 3 is 2.79 bits per heavy atom. The number of ether oxygens (including phenoxy) is 5. The van der Waals surface area contributed by atoms with Gasteiger partial charge in [0, 0.05) is 45.9 Å². The van der Waals surface area contributed by atoms with Crippen LogP contribution >= 0.6 is 11.6 Å². The number of nitrogens with one attached hydrogen (secondary N) is 1. The number of carbonyl (C=O) groups is 1. The van der Waals surface area contributed by atoms with Gasteiger partial charge in [0.15, 0.2) is 11.5 Å². The quantitative estimate of drug-likeness (QED) is 0.272. The first-order valence-corrected chi connectivity index (χ1v) is 14.1. The lowest BCUT2D eigenvalue weighted by atomic mass is 10.1. The molecule has 1 amide bonds. The summed E-state index contributed by atoms with van der Waals surface area (Å²) in [6, 6.07) is 5.42. The predicted octanol–water partition coefficient (Wildman–Crippen LogP) is 4.08. The molecule has 12 heteroatoms. The van der Waals surface area contributed by atoms with Crippen LogP contribution in [0.5, 0.6) is 23.0 Å². The number of methoxy groups -OCH3 is 1. The lowest BCUT2D eigenvalue weighted by Crippen LogP contribution is -2.48. The molecule has 2 aliphatic rings. The van der Waals surface area contributed by atoms with Crippen LogP contribution in [0.3, 0.4) is 0 Å². The van der Waals surface area contributed by atoms with Crippen molar-refractivity contribution in [2.45, 2.75) is 26.4 Å². The fourth-order valence-corrected chi connectivity index (χ4v) is 4.94. The number of piperazine rings is 1. The Kier molecular flexibility index (Phi) is 9.37. The van der Waals surface area contributed by atoms with Gasteiger partial charge in [0.25, 0.3) is 0 Å². The molecule has 1 saturated heterocycles. The molecule has 3 aromatic rings. The smallest absolute Gasteiger partial charge is 0.236 e. The second-order valence-electron chi connectivity index (χ2n) is 10.2. The molecule has 0 aliphatic carbocycles. The molecule has 2 aliphatic heterocycles. The standard InChI is InChI=1S/C30H34ClN5O6/c1-19(2)42-24-15-21(39-12-6-8-36-10-9-35(3)25(37)16-36)14-23-26(24)30(33-17-32-23)34-27-22(31)13-20(7-5-11-38-4)28-29(27)41-18-40-28/h13-15,17,19H,6,8-12,16,18H2,1-4H3,(H,32,33,34). The van der Waals surface area contributed by atoms with Gasteiger partial charge in [-0.05, 0) is 26.3 Å². The third-order valence-electron chi connectivity index (χ3n) is 6.74. The number of rotatable bonds is 10. The average Bonchev–Trinajstić information content (AvgIpc) is 3.45. The third kappa shape index (κ3) is 6.73. The van der Waals surface area contributed by atoms with Gasteiger partial charge in [0.05, 0.1) is 40.7 Å². The van der Waals surface area contributed by atoms with Crippen molar-refractivity contribution in [1.29, 1.82) is 0 Å². The summed E-state index contributed by atoms with van der Waals surface area (Å²) in [5.74, 6) is 8.71. The lowest BCUT2D eigenvalue weighted by Gasteiger charge is -2.31. The number of fused-ring (bicyclic) bond motifs is 2. The Morgan fingerprint density at radius 1 is 1.17 bits per heavy atom. The Morgan fingerprint density at radius 2 is 2.00 bits per heavy atom. The normalized spacial score (nSPS) is 14.7. The maximum atomic E-state index is 12.0. The second kappa shape index (κ2) is 13.3. The van der Waals surface area contributed by atoms with Crippen molar-refractivity contribution < 1.29 is 28.5 Å². The van der Waals surface area contributed by atoms with Crippen LogP contribution in [0.2, 0.25) is 5.02 Å². The number of anilines is 2. The highest BCUT2D eigenvalue weighted by molar-refractivity contribution is 6.34. The van der Waals surface area contributed by atoms with E-state index in [4.69, 9.17) is 35.3 Å². The van der Waals surface area contributed by atoms with E-state index in [0.717, 1.165) is 26.1 Å². The zero-order valence-electron chi connectivity index (χ0n) is 24.2. The minimum atomic E-state index is -0.110. The lowest BCUT2D eigenvalue weighted by molar-refractivity contribution is -0.134. The summed E-state index contributed by atoms with van der Waals surface area (Å²) in [6.07, 6.45) is 2.14. The number of nitrogens with zero attached hydrogens (tertiary/aromatic N) is 4. The second-order valence-corrected chi connectivity index (χ2v) is 10.6. The average molecular weight is 596 g/mol. The number of benzene rings is 2. The fraction of sp³-hybridized carbons (Fsp3) is 0.433. The number of likely N-dealkylation sites (N-methyl/N-ethyl adjacent to an activating group) is 1. The first kappa shape index (κ1) is 29.5. The first-order valence-electron chi connectivity index (χ1n) is 13.8. The first-order chi connectivity index (χ1) is 20.3. The molecule has 0 atom stereocenters. The topological polar surface area (TPSA) is 108 Å². The van der Waals surface area contributed by atoms with Gasteiger partial charge in [-0.25, -0.2) is 9.97 Å². The van der Waals surface area contributed by atoms with Gasteiger partial charge in [-0.2, -0.15) is 0 Å². The maximum Gasteiger partial charge on any atom is 0.236 e. The summed E-state index contributed by atoms with van der Waals surface area (Å²) in [5, 5.41) is 4.38. The predicted molar refractivity (Wildman–Crippen MR) is 159 cm³/mol. The zero-order chi connectivity index (χ0) is 29.6. The van der Waals surface area contributed by atoms with Gasteiger partial charge >= 0.3 is 0 Å². The molecule has 222 valence electrons. The minimum Gasteiger partial charge on any atom is -0.493 e. The summed E-state index contributed by atoms with van der Waals surface area (Å²) in [4.78, 5) is 24.9. The van der Waals surface area contributed by atoms with E-state index in [-0.39, 0.29) is 25.4 Å². The van der Waals surface area contributed by atoms with Crippen LogP contribution in [0.1, 0.15) is 25.8 Å². The number of carbonyl (C=O) groups excluding carboxylic acids is 1. The van der Waals surface area contributed by atoms with E-state index in [9.17, 15) is 4.79 Å². The molecule has 1 aromatic heterocycles. The van der Waals surface area contributed by atoms with E-state index in [2.05, 4.69) is 32.0 Å². The molecule has 0 radical (unpaired) electrons. The highest BCUT2D eigenvalue weighted by Crippen LogP contribution is 2.48. The number of hydrogen-bond acceptors (Lipinski definition) is 10. The number of halogens is 1. The van der Waals surface area contributed by atoms with Crippen LogP contribution in [0, 0.1) is 11.8 Å². The zero-order valence-corrected chi connectivity index (χ0v) is 24.9. The molecule has 1 N–H and O–H groups in total. The summed E-state index contributed by atoms with van der Waals surface area (Å²) in [5.41, 5.74) is 1.74. The fourth-order valence-electron chi connectivity index (χ4n) is 4.70. The van der Waals surface area contributed by atoms with E-state index < -0.39 is 0 Å². The Hall–Kier alpha value is -3.98. The van der Waals surface area contributed by atoms with Gasteiger partial charge in [0.2, 0.25) is 12.7 Å². The largest absolute Gasteiger partial charge is 0.493 e. The number of aromatic nitrogens is 2. The van der Waals surface area contributed by atoms with Crippen molar-refractivity contribution in [3.63, 3.8) is 0 Å². The van der Waals surface area contributed by atoms with Crippen LogP contribution in [0.15, 0.2) is 24.5 Å². The molecule has 3 heterocycles. The van der Waals surface area contributed by atoms with Gasteiger partial charge in [-0.1, -0.05) is 23.4 Å². The highest BCUT2D eigenvalue weighted by atomic mass is 35.5. The van der Waals surface area contributed by atoms with Crippen molar-refractivity contribution in [3.05, 3.63) is 35.1 Å². The van der Waals surface area contributed by atoms with Gasteiger partial charge in [-0.15, -0.1) is 0 Å². The Balaban J connectivity index is 1.38. The van der Waals surface area contributed by atoms with Crippen LogP contribution < -0.4 is 24.3 Å². The Labute approximate surface area is 250 Å². The van der Waals surface area contributed by atoms with Crippen LogP contribution in [-0.2, 0) is 9.53 Å². The van der Waals surface area contributed by atoms with Crippen LogP contribution in [0.25, 0.3) is 10.9 Å². The molecular formula is C30H34ClN5O6. The van der Waals surface area contributed by atoms with Gasteiger partial charge < -0.3 is 33.9 Å². The summed E-state index contributed by atoms with van der Waals surface area (Å²) in [6.45, 7) is 7.55. The molecule has 2 aromatic carbocycles. The molecule has 0 spiro atoms. The van der Waals surface area contributed by atoms with E-state index in [1.165, 1.54) is 6.33 Å². The summed E-state index contributed by atoms with van der Waals surface area (Å²) < 4.78 is 28.8. The van der Waals surface area contributed by atoms with E-state index in [1.807, 2.05) is 33.0 Å². The molecular weight excluding hydrogens is 562 g/mol. The van der Waals surface area contributed by atoms with E-state index in [0.29, 0.717) is 69.1 Å². The number of hydrogen-bond donors (Lipinski definition) is 1. The molecule has 5 rings (SSSR count). The van der Waals surface area contributed by atoms with Gasteiger partial charge in [0.1, 0.15) is 35.9 Å². The molecule has 0 bridgehead atoms. The van der Waals surface area contributed by atoms with Crippen molar-refractivity contribution in [2.75, 3.05) is 65.7 Å². The van der Waals surface area contributed by atoms with Crippen LogP contribution in [0.4, 0.5) is 11.5 Å². The van der Waals surface area contributed by atoms with Crippen molar-refractivity contribution in [1.82, 2.24) is 19.8 Å². The molecule has 42 heavy (non-hydrogen) atoms. The maximum absolute atomic E-state index is 12.0.